The Morgan fingerprint density at radius 3 is 2.79 bits per heavy atom. The standard InChI is InChI=1S/C15H20BrN3/c1-12-4-7-19(8-5-12)9-6-18-14-3-2-13(11-17)15(16)10-14/h2-3,10,12,18H,4-9H2,1H3. The molecule has 1 heterocycles. The molecule has 1 aromatic carbocycles. The summed E-state index contributed by atoms with van der Waals surface area (Å²) >= 11 is 3.41. The van der Waals surface area contributed by atoms with Crippen LogP contribution in [0.2, 0.25) is 0 Å². The maximum Gasteiger partial charge on any atom is 0.100 e. The van der Waals surface area contributed by atoms with Crippen LogP contribution in [0.3, 0.4) is 0 Å². The van der Waals surface area contributed by atoms with Gasteiger partial charge >= 0.3 is 0 Å². The zero-order valence-corrected chi connectivity index (χ0v) is 12.9. The summed E-state index contributed by atoms with van der Waals surface area (Å²) in [4.78, 5) is 2.52. The van der Waals surface area contributed by atoms with Crippen LogP contribution in [-0.4, -0.2) is 31.1 Å². The van der Waals surface area contributed by atoms with E-state index in [1.54, 1.807) is 0 Å². The second kappa shape index (κ2) is 6.93. The van der Waals surface area contributed by atoms with E-state index in [1.807, 2.05) is 18.2 Å². The zero-order valence-electron chi connectivity index (χ0n) is 11.3. The van der Waals surface area contributed by atoms with Crippen LogP contribution >= 0.6 is 15.9 Å². The SMILES string of the molecule is CC1CCN(CCNc2ccc(C#N)c(Br)c2)CC1. The Kier molecular flexibility index (Phi) is 5.24. The minimum atomic E-state index is 0.676. The number of hydrogen-bond donors (Lipinski definition) is 1. The minimum absolute atomic E-state index is 0.676. The van der Waals surface area contributed by atoms with Crippen LogP contribution in [0, 0.1) is 17.2 Å². The summed E-state index contributed by atoms with van der Waals surface area (Å²) in [5.41, 5.74) is 1.74. The molecule has 102 valence electrons. The number of nitrogens with zero attached hydrogens (tertiary/aromatic N) is 2. The Morgan fingerprint density at radius 1 is 1.42 bits per heavy atom. The van der Waals surface area contributed by atoms with Crippen LogP contribution in [0.4, 0.5) is 5.69 Å². The monoisotopic (exact) mass is 321 g/mol. The number of nitriles is 1. The largest absolute Gasteiger partial charge is 0.384 e. The van der Waals surface area contributed by atoms with E-state index in [0.29, 0.717) is 5.56 Å². The van der Waals surface area contributed by atoms with E-state index < -0.39 is 0 Å². The molecule has 0 radical (unpaired) electrons. The predicted molar refractivity (Wildman–Crippen MR) is 82.2 cm³/mol. The van der Waals surface area contributed by atoms with Gasteiger partial charge in [0.05, 0.1) is 5.56 Å². The number of anilines is 1. The highest BCUT2D eigenvalue weighted by molar-refractivity contribution is 9.10. The lowest BCUT2D eigenvalue weighted by Crippen LogP contribution is -2.36. The van der Waals surface area contributed by atoms with Crippen LogP contribution in [0.15, 0.2) is 22.7 Å². The van der Waals surface area contributed by atoms with E-state index >= 15 is 0 Å². The van der Waals surface area contributed by atoms with Crippen molar-refractivity contribution in [2.75, 3.05) is 31.5 Å². The Hall–Kier alpha value is -1.05. The molecule has 1 aliphatic rings. The molecule has 0 aliphatic carbocycles. The van der Waals surface area contributed by atoms with E-state index in [2.05, 4.69) is 39.1 Å². The van der Waals surface area contributed by atoms with Gasteiger partial charge in [-0.05, 0) is 66.0 Å². The normalized spacial score (nSPS) is 17.1. The Bertz CT molecular complexity index is 459. The van der Waals surface area contributed by atoms with Crippen molar-refractivity contribution in [1.29, 1.82) is 5.26 Å². The van der Waals surface area contributed by atoms with Crippen molar-refractivity contribution in [2.45, 2.75) is 19.8 Å². The third kappa shape index (κ3) is 4.22. The van der Waals surface area contributed by atoms with Gasteiger partial charge in [0.15, 0.2) is 0 Å². The third-order valence-corrected chi connectivity index (χ3v) is 4.38. The molecule has 0 spiro atoms. The van der Waals surface area contributed by atoms with E-state index in [1.165, 1.54) is 25.9 Å². The molecule has 0 aromatic heterocycles. The first kappa shape index (κ1) is 14.4. The summed E-state index contributed by atoms with van der Waals surface area (Å²) in [6, 6.07) is 7.92. The molecule has 4 heteroatoms. The fourth-order valence-electron chi connectivity index (χ4n) is 2.36. The first-order valence-corrected chi connectivity index (χ1v) is 7.64. The molecular formula is C15H20BrN3. The van der Waals surface area contributed by atoms with Crippen LogP contribution in [0.5, 0.6) is 0 Å². The lowest BCUT2D eigenvalue weighted by Gasteiger charge is -2.30. The highest BCUT2D eigenvalue weighted by atomic mass is 79.9. The Labute approximate surface area is 123 Å². The number of benzene rings is 1. The lowest BCUT2D eigenvalue weighted by molar-refractivity contribution is 0.199. The highest BCUT2D eigenvalue weighted by Gasteiger charge is 2.14. The van der Waals surface area contributed by atoms with Gasteiger partial charge in [-0.3, -0.25) is 0 Å². The summed E-state index contributed by atoms with van der Waals surface area (Å²) in [5, 5.41) is 12.3. The smallest absolute Gasteiger partial charge is 0.100 e. The second-order valence-electron chi connectivity index (χ2n) is 5.26. The number of nitrogens with one attached hydrogen (secondary N) is 1. The van der Waals surface area contributed by atoms with Crippen LogP contribution in [-0.2, 0) is 0 Å². The fraction of sp³-hybridized carbons (Fsp3) is 0.533. The Morgan fingerprint density at radius 2 is 2.16 bits per heavy atom. The molecule has 1 fully saturated rings. The molecule has 3 nitrogen and oxygen atoms in total. The van der Waals surface area contributed by atoms with Crippen molar-refractivity contribution in [3.63, 3.8) is 0 Å². The molecule has 0 atom stereocenters. The Balaban J connectivity index is 1.77. The fourth-order valence-corrected chi connectivity index (χ4v) is 2.83. The lowest BCUT2D eigenvalue weighted by atomic mass is 9.99. The maximum atomic E-state index is 8.87. The van der Waals surface area contributed by atoms with E-state index in [9.17, 15) is 0 Å². The van der Waals surface area contributed by atoms with Crippen molar-refractivity contribution < 1.29 is 0 Å². The van der Waals surface area contributed by atoms with Crippen molar-refractivity contribution in [1.82, 2.24) is 4.90 Å². The molecule has 0 bridgehead atoms. The van der Waals surface area contributed by atoms with Gasteiger partial charge in [0.1, 0.15) is 6.07 Å². The van der Waals surface area contributed by atoms with Gasteiger partial charge in [0.25, 0.3) is 0 Å². The predicted octanol–water partition coefficient (Wildman–Crippen LogP) is 3.46. The first-order chi connectivity index (χ1) is 9.19. The van der Waals surface area contributed by atoms with Crippen LogP contribution in [0.1, 0.15) is 25.3 Å². The summed E-state index contributed by atoms with van der Waals surface area (Å²) in [5.74, 6) is 0.888. The summed E-state index contributed by atoms with van der Waals surface area (Å²) < 4.78 is 0.854. The van der Waals surface area contributed by atoms with Gasteiger partial charge in [0, 0.05) is 23.2 Å². The summed E-state index contributed by atoms with van der Waals surface area (Å²) in [6.07, 6.45) is 2.64. The average Bonchev–Trinajstić information content (AvgIpc) is 2.41. The number of rotatable bonds is 4. The molecular weight excluding hydrogens is 302 g/mol. The molecule has 1 aromatic rings. The van der Waals surface area contributed by atoms with Crippen molar-refractivity contribution in [2.24, 2.45) is 5.92 Å². The topological polar surface area (TPSA) is 39.1 Å². The molecule has 1 aliphatic heterocycles. The van der Waals surface area contributed by atoms with Gasteiger partial charge in [0.2, 0.25) is 0 Å². The second-order valence-corrected chi connectivity index (χ2v) is 6.11. The van der Waals surface area contributed by atoms with Gasteiger partial charge < -0.3 is 10.2 Å². The van der Waals surface area contributed by atoms with Gasteiger partial charge in [-0.1, -0.05) is 6.92 Å². The highest BCUT2D eigenvalue weighted by Crippen LogP contribution is 2.21. The number of hydrogen-bond acceptors (Lipinski definition) is 3. The average molecular weight is 322 g/mol. The van der Waals surface area contributed by atoms with Crippen molar-refractivity contribution in [3.8, 4) is 6.07 Å². The zero-order chi connectivity index (χ0) is 13.7. The molecule has 0 unspecified atom stereocenters. The van der Waals surface area contributed by atoms with Gasteiger partial charge in [-0.25, -0.2) is 0 Å². The summed E-state index contributed by atoms with van der Waals surface area (Å²) in [6.45, 7) is 6.82. The summed E-state index contributed by atoms with van der Waals surface area (Å²) in [7, 11) is 0. The third-order valence-electron chi connectivity index (χ3n) is 3.72. The molecule has 0 amide bonds. The first-order valence-electron chi connectivity index (χ1n) is 6.85. The van der Waals surface area contributed by atoms with Gasteiger partial charge in [-0.2, -0.15) is 5.26 Å². The molecule has 2 rings (SSSR count). The molecule has 1 N–H and O–H groups in total. The molecule has 0 saturated carbocycles. The van der Waals surface area contributed by atoms with E-state index in [-0.39, 0.29) is 0 Å². The maximum absolute atomic E-state index is 8.87. The number of halogens is 1. The van der Waals surface area contributed by atoms with Crippen LogP contribution in [0.25, 0.3) is 0 Å². The quantitative estimate of drug-likeness (QED) is 0.923. The molecule has 19 heavy (non-hydrogen) atoms. The van der Waals surface area contributed by atoms with Gasteiger partial charge in [-0.15, -0.1) is 0 Å². The number of likely N-dealkylation sites (tertiary alicyclic amines) is 1. The van der Waals surface area contributed by atoms with Crippen molar-refractivity contribution in [3.05, 3.63) is 28.2 Å². The van der Waals surface area contributed by atoms with Crippen LogP contribution < -0.4 is 5.32 Å². The van der Waals surface area contributed by atoms with E-state index in [0.717, 1.165) is 29.2 Å². The molecule has 1 saturated heterocycles. The van der Waals surface area contributed by atoms with Crippen molar-refractivity contribution >= 4 is 21.6 Å². The van der Waals surface area contributed by atoms with E-state index in [4.69, 9.17) is 5.26 Å². The number of piperidine rings is 1. The minimum Gasteiger partial charge on any atom is -0.384 e.